The lowest BCUT2D eigenvalue weighted by molar-refractivity contribution is -0.384. The van der Waals surface area contributed by atoms with Gasteiger partial charge in [-0.1, -0.05) is 30.3 Å². The van der Waals surface area contributed by atoms with Crippen LogP contribution in [0.2, 0.25) is 0 Å². The lowest BCUT2D eigenvalue weighted by Gasteiger charge is -2.31. The Bertz CT molecular complexity index is 817. The SMILES string of the molecule is CC1=NN(C(=O)c2ccc([N+](=O)[O-])cc2)[C@](O)(c2ccccc2)C1. The number of hydrazone groups is 1. The molecule has 0 unspecified atom stereocenters. The topological polar surface area (TPSA) is 96.0 Å². The van der Waals surface area contributed by atoms with Crippen molar-refractivity contribution in [3.63, 3.8) is 0 Å². The molecule has 0 saturated heterocycles. The van der Waals surface area contributed by atoms with Crippen LogP contribution >= 0.6 is 0 Å². The molecule has 0 spiro atoms. The fourth-order valence-electron chi connectivity index (χ4n) is 2.71. The van der Waals surface area contributed by atoms with E-state index in [0.717, 1.165) is 5.01 Å². The van der Waals surface area contributed by atoms with Gasteiger partial charge in [0.15, 0.2) is 5.72 Å². The summed E-state index contributed by atoms with van der Waals surface area (Å²) >= 11 is 0. The van der Waals surface area contributed by atoms with Gasteiger partial charge in [-0.05, 0) is 19.1 Å². The highest BCUT2D eigenvalue weighted by Gasteiger charge is 2.45. The van der Waals surface area contributed by atoms with Gasteiger partial charge < -0.3 is 5.11 Å². The van der Waals surface area contributed by atoms with Crippen LogP contribution in [0.5, 0.6) is 0 Å². The average molecular weight is 325 g/mol. The van der Waals surface area contributed by atoms with Gasteiger partial charge in [-0.25, -0.2) is 0 Å². The van der Waals surface area contributed by atoms with Crippen molar-refractivity contribution in [3.8, 4) is 0 Å². The third-order valence-electron chi connectivity index (χ3n) is 3.88. The molecular formula is C17H15N3O4. The number of non-ortho nitro benzene ring substituents is 1. The average Bonchev–Trinajstić information content (AvgIpc) is 2.91. The van der Waals surface area contributed by atoms with Crippen LogP contribution in [0.4, 0.5) is 5.69 Å². The van der Waals surface area contributed by atoms with E-state index in [9.17, 15) is 20.0 Å². The molecule has 7 nitrogen and oxygen atoms in total. The van der Waals surface area contributed by atoms with Gasteiger partial charge in [-0.2, -0.15) is 10.1 Å². The second kappa shape index (κ2) is 5.86. The zero-order valence-corrected chi connectivity index (χ0v) is 12.9. The largest absolute Gasteiger partial charge is 0.365 e. The number of rotatable bonds is 3. The van der Waals surface area contributed by atoms with Crippen LogP contribution in [0.25, 0.3) is 0 Å². The highest BCUT2D eigenvalue weighted by atomic mass is 16.6. The number of nitro benzene ring substituents is 1. The molecule has 0 fully saturated rings. The normalized spacial score (nSPS) is 19.9. The standard InChI is InChI=1S/C17H15N3O4/c1-12-11-17(22,14-5-3-2-4-6-14)19(18-12)16(21)13-7-9-15(10-8-13)20(23)24/h2-10,22H,11H2,1H3/t17-/m1/s1. The molecule has 7 heteroatoms. The predicted molar refractivity (Wildman–Crippen MR) is 87.3 cm³/mol. The minimum absolute atomic E-state index is 0.106. The van der Waals surface area contributed by atoms with E-state index in [-0.39, 0.29) is 17.7 Å². The molecule has 122 valence electrons. The van der Waals surface area contributed by atoms with E-state index in [2.05, 4.69) is 5.10 Å². The van der Waals surface area contributed by atoms with Crippen LogP contribution < -0.4 is 0 Å². The smallest absolute Gasteiger partial charge is 0.276 e. The minimum Gasteiger partial charge on any atom is -0.365 e. The summed E-state index contributed by atoms with van der Waals surface area (Å²) < 4.78 is 0. The summed E-state index contributed by atoms with van der Waals surface area (Å²) in [5.74, 6) is -0.520. The molecular weight excluding hydrogens is 310 g/mol. The van der Waals surface area contributed by atoms with E-state index >= 15 is 0 Å². The van der Waals surface area contributed by atoms with E-state index in [1.807, 2.05) is 6.07 Å². The third-order valence-corrected chi connectivity index (χ3v) is 3.88. The number of nitrogens with zero attached hydrogens (tertiary/aromatic N) is 3. The number of nitro groups is 1. The van der Waals surface area contributed by atoms with Crippen LogP contribution in [0, 0.1) is 10.1 Å². The van der Waals surface area contributed by atoms with E-state index in [1.54, 1.807) is 31.2 Å². The Labute approximate surface area is 138 Å². The molecule has 1 aliphatic heterocycles. The van der Waals surface area contributed by atoms with E-state index in [4.69, 9.17) is 0 Å². The van der Waals surface area contributed by atoms with Crippen molar-refractivity contribution in [1.82, 2.24) is 5.01 Å². The van der Waals surface area contributed by atoms with Gasteiger partial charge in [-0.15, -0.1) is 0 Å². The molecule has 0 radical (unpaired) electrons. The molecule has 0 aliphatic carbocycles. The number of aliphatic hydroxyl groups is 1. The summed E-state index contributed by atoms with van der Waals surface area (Å²) in [5, 5.41) is 27.0. The molecule has 2 aromatic carbocycles. The maximum Gasteiger partial charge on any atom is 0.276 e. The van der Waals surface area contributed by atoms with Crippen LogP contribution in [0.15, 0.2) is 59.7 Å². The van der Waals surface area contributed by atoms with Gasteiger partial charge in [0.25, 0.3) is 11.6 Å². The molecule has 24 heavy (non-hydrogen) atoms. The number of amides is 1. The first kappa shape index (κ1) is 15.8. The number of hydrogen-bond acceptors (Lipinski definition) is 5. The van der Waals surface area contributed by atoms with E-state index in [0.29, 0.717) is 11.3 Å². The molecule has 1 N–H and O–H groups in total. The molecule has 1 amide bonds. The molecule has 0 saturated carbocycles. The van der Waals surface area contributed by atoms with Crippen LogP contribution in [0.3, 0.4) is 0 Å². The van der Waals surface area contributed by atoms with Gasteiger partial charge in [0.1, 0.15) is 0 Å². The lowest BCUT2D eigenvalue weighted by Crippen LogP contribution is -2.43. The van der Waals surface area contributed by atoms with Crippen molar-refractivity contribution >= 4 is 17.3 Å². The predicted octanol–water partition coefficient (Wildman–Crippen LogP) is 2.66. The lowest BCUT2D eigenvalue weighted by atomic mass is 9.97. The first-order valence-electron chi connectivity index (χ1n) is 7.33. The Balaban J connectivity index is 1.96. The van der Waals surface area contributed by atoms with Crippen molar-refractivity contribution in [2.24, 2.45) is 5.10 Å². The van der Waals surface area contributed by atoms with Gasteiger partial charge in [0, 0.05) is 35.4 Å². The Hall–Kier alpha value is -3.06. The van der Waals surface area contributed by atoms with Crippen molar-refractivity contribution in [3.05, 3.63) is 75.8 Å². The summed E-state index contributed by atoms with van der Waals surface area (Å²) in [6.07, 6.45) is 0.204. The zero-order chi connectivity index (χ0) is 17.3. The molecule has 0 bridgehead atoms. The fourth-order valence-corrected chi connectivity index (χ4v) is 2.71. The molecule has 0 aromatic heterocycles. The second-order valence-corrected chi connectivity index (χ2v) is 5.62. The van der Waals surface area contributed by atoms with E-state index in [1.165, 1.54) is 24.3 Å². The quantitative estimate of drug-likeness (QED) is 0.693. The first-order chi connectivity index (χ1) is 11.4. The third kappa shape index (κ3) is 2.65. The van der Waals surface area contributed by atoms with Crippen LogP contribution in [-0.2, 0) is 5.72 Å². The molecule has 1 aliphatic rings. The number of benzene rings is 2. The maximum atomic E-state index is 12.8. The van der Waals surface area contributed by atoms with Gasteiger partial charge in [-0.3, -0.25) is 14.9 Å². The molecule has 3 rings (SSSR count). The number of carbonyl (C=O) groups excluding carboxylic acids is 1. The highest BCUT2D eigenvalue weighted by Crippen LogP contribution is 2.36. The number of hydrogen-bond donors (Lipinski definition) is 1. The van der Waals surface area contributed by atoms with Crippen LogP contribution in [-0.4, -0.2) is 26.7 Å². The summed E-state index contributed by atoms with van der Waals surface area (Å²) in [5.41, 5.74) is -0.277. The second-order valence-electron chi connectivity index (χ2n) is 5.62. The maximum absolute atomic E-state index is 12.8. The Morgan fingerprint density at radius 1 is 1.21 bits per heavy atom. The fraction of sp³-hybridized carbons (Fsp3) is 0.176. The zero-order valence-electron chi connectivity index (χ0n) is 12.9. The summed E-state index contributed by atoms with van der Waals surface area (Å²) in [4.78, 5) is 22.9. The van der Waals surface area contributed by atoms with Crippen molar-refractivity contribution in [2.75, 3.05) is 0 Å². The van der Waals surface area contributed by atoms with E-state index < -0.39 is 16.6 Å². The summed E-state index contributed by atoms with van der Waals surface area (Å²) in [6, 6.07) is 14.0. The Morgan fingerprint density at radius 2 is 1.83 bits per heavy atom. The van der Waals surface area contributed by atoms with Crippen molar-refractivity contribution < 1.29 is 14.8 Å². The molecule has 1 heterocycles. The highest BCUT2D eigenvalue weighted by molar-refractivity contribution is 5.98. The molecule has 2 aromatic rings. The van der Waals surface area contributed by atoms with Gasteiger partial charge in [0.05, 0.1) is 4.92 Å². The van der Waals surface area contributed by atoms with Crippen LogP contribution in [0.1, 0.15) is 29.3 Å². The monoisotopic (exact) mass is 325 g/mol. The summed E-state index contributed by atoms with van der Waals surface area (Å²) in [6.45, 7) is 1.73. The summed E-state index contributed by atoms with van der Waals surface area (Å²) in [7, 11) is 0. The molecule has 1 atom stereocenters. The van der Waals surface area contributed by atoms with Gasteiger partial charge in [0.2, 0.25) is 0 Å². The Kier molecular flexibility index (Phi) is 3.86. The van der Waals surface area contributed by atoms with Gasteiger partial charge >= 0.3 is 0 Å². The Morgan fingerprint density at radius 3 is 2.42 bits per heavy atom. The van der Waals surface area contributed by atoms with Crippen molar-refractivity contribution in [1.29, 1.82) is 0 Å². The number of carbonyl (C=O) groups is 1. The van der Waals surface area contributed by atoms with Crippen molar-refractivity contribution in [2.45, 2.75) is 19.1 Å². The minimum atomic E-state index is -1.57. The first-order valence-corrected chi connectivity index (χ1v) is 7.33.